The zero-order valence-electron chi connectivity index (χ0n) is 12.4. The Morgan fingerprint density at radius 2 is 1.80 bits per heavy atom. The molecule has 1 atom stereocenters. The van der Waals surface area contributed by atoms with Crippen LogP contribution in [0.3, 0.4) is 0 Å². The molecule has 1 amide bonds. The molecular formula is C16H23NO3. The van der Waals surface area contributed by atoms with E-state index < -0.39 is 5.97 Å². The van der Waals surface area contributed by atoms with Crippen LogP contribution in [0.15, 0.2) is 30.3 Å². The number of esters is 1. The zero-order chi connectivity index (χ0) is 15.0. The van der Waals surface area contributed by atoms with Crippen LogP contribution in [0, 0.1) is 11.8 Å². The van der Waals surface area contributed by atoms with Crippen LogP contribution in [0.25, 0.3) is 0 Å². The van der Waals surface area contributed by atoms with E-state index in [0.29, 0.717) is 5.92 Å². The molecule has 1 aromatic carbocycles. The van der Waals surface area contributed by atoms with E-state index in [2.05, 4.69) is 19.2 Å². The lowest BCUT2D eigenvalue weighted by molar-refractivity contribution is -0.145. The minimum atomic E-state index is -0.418. The number of nitrogens with one attached hydrogen (secondary N) is 1. The molecule has 0 spiro atoms. The van der Waals surface area contributed by atoms with Crippen molar-refractivity contribution in [2.45, 2.75) is 33.8 Å². The Labute approximate surface area is 120 Å². The first kappa shape index (κ1) is 16.2. The molecule has 0 saturated carbocycles. The highest BCUT2D eigenvalue weighted by Crippen LogP contribution is 2.10. The van der Waals surface area contributed by atoms with Gasteiger partial charge in [-0.1, -0.05) is 51.1 Å². The van der Waals surface area contributed by atoms with Crippen molar-refractivity contribution in [2.24, 2.45) is 11.8 Å². The summed E-state index contributed by atoms with van der Waals surface area (Å²) in [6.45, 7) is 6.16. The van der Waals surface area contributed by atoms with E-state index in [4.69, 9.17) is 4.74 Å². The van der Waals surface area contributed by atoms with Crippen LogP contribution in [-0.4, -0.2) is 18.4 Å². The van der Waals surface area contributed by atoms with Gasteiger partial charge in [-0.25, -0.2) is 0 Å². The van der Waals surface area contributed by atoms with Crippen molar-refractivity contribution in [1.82, 2.24) is 5.32 Å². The molecule has 20 heavy (non-hydrogen) atoms. The van der Waals surface area contributed by atoms with Crippen LogP contribution < -0.4 is 5.32 Å². The van der Waals surface area contributed by atoms with Crippen molar-refractivity contribution in [3.63, 3.8) is 0 Å². The second-order valence-electron chi connectivity index (χ2n) is 5.39. The van der Waals surface area contributed by atoms with Gasteiger partial charge in [0.2, 0.25) is 5.91 Å². The number of benzene rings is 1. The third-order valence-electron chi connectivity index (χ3n) is 2.92. The molecule has 0 fully saturated rings. The summed E-state index contributed by atoms with van der Waals surface area (Å²) < 4.78 is 5.09. The molecule has 0 unspecified atom stereocenters. The van der Waals surface area contributed by atoms with Crippen molar-refractivity contribution < 1.29 is 14.3 Å². The van der Waals surface area contributed by atoms with Gasteiger partial charge in [0.15, 0.2) is 0 Å². The molecule has 1 rings (SSSR count). The Hall–Kier alpha value is -1.84. The van der Waals surface area contributed by atoms with Crippen LogP contribution in [0.4, 0.5) is 0 Å². The molecule has 0 aliphatic heterocycles. The Morgan fingerprint density at radius 3 is 2.40 bits per heavy atom. The number of amides is 1. The van der Waals surface area contributed by atoms with Gasteiger partial charge in [-0.3, -0.25) is 9.59 Å². The molecule has 0 aliphatic rings. The highest BCUT2D eigenvalue weighted by Gasteiger charge is 2.15. The second kappa shape index (κ2) is 8.35. The maximum atomic E-state index is 11.7. The van der Waals surface area contributed by atoms with Crippen LogP contribution in [0.5, 0.6) is 0 Å². The highest BCUT2D eigenvalue weighted by atomic mass is 16.5. The summed E-state index contributed by atoms with van der Waals surface area (Å²) >= 11 is 0. The Kier molecular flexibility index (Phi) is 6.77. The average molecular weight is 277 g/mol. The van der Waals surface area contributed by atoms with Crippen LogP contribution in [0.2, 0.25) is 0 Å². The molecule has 110 valence electrons. The van der Waals surface area contributed by atoms with E-state index in [1.807, 2.05) is 37.3 Å². The summed E-state index contributed by atoms with van der Waals surface area (Å²) in [4.78, 5) is 23.3. The van der Waals surface area contributed by atoms with Gasteiger partial charge in [0, 0.05) is 5.92 Å². The quantitative estimate of drug-likeness (QED) is 0.779. The van der Waals surface area contributed by atoms with E-state index >= 15 is 0 Å². The lowest BCUT2D eigenvalue weighted by Gasteiger charge is -2.13. The smallest absolute Gasteiger partial charge is 0.325 e. The maximum Gasteiger partial charge on any atom is 0.325 e. The highest BCUT2D eigenvalue weighted by molar-refractivity contribution is 5.83. The van der Waals surface area contributed by atoms with E-state index in [9.17, 15) is 9.59 Å². The maximum absolute atomic E-state index is 11.7. The summed E-state index contributed by atoms with van der Waals surface area (Å²) in [5, 5.41) is 2.61. The van der Waals surface area contributed by atoms with Crippen molar-refractivity contribution >= 4 is 11.9 Å². The van der Waals surface area contributed by atoms with Crippen LogP contribution >= 0.6 is 0 Å². The molecule has 0 radical (unpaired) electrons. The third kappa shape index (κ3) is 6.36. The van der Waals surface area contributed by atoms with Gasteiger partial charge < -0.3 is 10.1 Å². The van der Waals surface area contributed by atoms with Crippen molar-refractivity contribution in [2.75, 3.05) is 6.54 Å². The Bertz CT molecular complexity index is 429. The predicted octanol–water partition coefficient (Wildman–Crippen LogP) is 2.53. The summed E-state index contributed by atoms with van der Waals surface area (Å²) in [5.74, 6) is -0.146. The van der Waals surface area contributed by atoms with E-state index in [-0.39, 0.29) is 25.0 Å². The summed E-state index contributed by atoms with van der Waals surface area (Å²) in [7, 11) is 0. The van der Waals surface area contributed by atoms with Gasteiger partial charge in [0.1, 0.15) is 13.2 Å². The molecular weight excluding hydrogens is 254 g/mol. The predicted molar refractivity (Wildman–Crippen MR) is 77.9 cm³/mol. The Morgan fingerprint density at radius 1 is 1.15 bits per heavy atom. The Balaban J connectivity index is 2.24. The molecule has 0 aromatic heterocycles. The molecule has 0 heterocycles. The molecule has 4 heteroatoms. The largest absolute Gasteiger partial charge is 0.460 e. The fourth-order valence-electron chi connectivity index (χ4n) is 1.94. The van der Waals surface area contributed by atoms with Gasteiger partial charge in [0.25, 0.3) is 0 Å². The van der Waals surface area contributed by atoms with Gasteiger partial charge >= 0.3 is 5.97 Å². The zero-order valence-corrected chi connectivity index (χ0v) is 12.4. The molecule has 0 saturated heterocycles. The molecule has 4 nitrogen and oxygen atoms in total. The standard InChI is InChI=1S/C16H23NO3/c1-12(2)9-13(3)16(19)17-10-15(18)20-11-14-7-5-4-6-8-14/h4-8,12-13H,9-11H2,1-3H3,(H,17,19)/t13-/m0/s1. The SMILES string of the molecule is CC(C)C[C@H](C)C(=O)NCC(=O)OCc1ccccc1. The lowest BCUT2D eigenvalue weighted by Crippen LogP contribution is -2.34. The molecule has 1 N–H and O–H groups in total. The number of rotatable bonds is 7. The van der Waals surface area contributed by atoms with Crippen molar-refractivity contribution in [3.05, 3.63) is 35.9 Å². The minimum absolute atomic E-state index is 0.0753. The first-order valence-electron chi connectivity index (χ1n) is 6.96. The van der Waals surface area contributed by atoms with Crippen molar-refractivity contribution in [3.8, 4) is 0 Å². The van der Waals surface area contributed by atoms with Gasteiger partial charge in [-0.2, -0.15) is 0 Å². The summed E-state index contributed by atoms with van der Waals surface area (Å²) in [5.41, 5.74) is 0.931. The summed E-state index contributed by atoms with van der Waals surface area (Å²) in [6.07, 6.45) is 0.810. The topological polar surface area (TPSA) is 55.4 Å². The van der Waals surface area contributed by atoms with E-state index in [1.165, 1.54) is 0 Å². The number of carbonyl (C=O) groups excluding carboxylic acids is 2. The molecule has 1 aromatic rings. The van der Waals surface area contributed by atoms with Gasteiger partial charge in [-0.05, 0) is 17.9 Å². The third-order valence-corrected chi connectivity index (χ3v) is 2.92. The first-order valence-corrected chi connectivity index (χ1v) is 6.96. The number of carbonyl (C=O) groups is 2. The van der Waals surface area contributed by atoms with Crippen LogP contribution in [0.1, 0.15) is 32.8 Å². The minimum Gasteiger partial charge on any atom is -0.460 e. The number of hydrogen-bond acceptors (Lipinski definition) is 3. The van der Waals surface area contributed by atoms with E-state index in [1.54, 1.807) is 0 Å². The average Bonchev–Trinajstić information content (AvgIpc) is 2.42. The second-order valence-corrected chi connectivity index (χ2v) is 5.39. The normalized spacial score (nSPS) is 12.0. The molecule has 0 bridgehead atoms. The number of ether oxygens (including phenoxy) is 1. The monoisotopic (exact) mass is 277 g/mol. The lowest BCUT2D eigenvalue weighted by atomic mass is 9.98. The molecule has 0 aliphatic carbocycles. The fraction of sp³-hybridized carbons (Fsp3) is 0.500. The van der Waals surface area contributed by atoms with Crippen LogP contribution in [-0.2, 0) is 20.9 Å². The fourth-order valence-corrected chi connectivity index (χ4v) is 1.94. The van der Waals surface area contributed by atoms with Crippen molar-refractivity contribution in [1.29, 1.82) is 0 Å². The van der Waals surface area contributed by atoms with Gasteiger partial charge in [0.05, 0.1) is 0 Å². The van der Waals surface area contributed by atoms with Gasteiger partial charge in [-0.15, -0.1) is 0 Å². The van der Waals surface area contributed by atoms with E-state index in [0.717, 1.165) is 12.0 Å². The first-order chi connectivity index (χ1) is 9.49. The number of hydrogen-bond donors (Lipinski definition) is 1. The summed E-state index contributed by atoms with van der Waals surface area (Å²) in [6, 6.07) is 9.45.